The van der Waals surface area contributed by atoms with Gasteiger partial charge in [-0.25, -0.2) is 0 Å². The first-order valence-electron chi connectivity index (χ1n) is 8.54. The van der Waals surface area contributed by atoms with Gasteiger partial charge in [0.15, 0.2) is 0 Å². The zero-order chi connectivity index (χ0) is 16.1. The van der Waals surface area contributed by atoms with Crippen LogP contribution in [0.2, 0.25) is 0 Å². The van der Waals surface area contributed by atoms with Crippen molar-refractivity contribution in [3.05, 3.63) is 35.9 Å². The van der Waals surface area contributed by atoms with E-state index >= 15 is 0 Å². The monoisotopic (exact) mass is 302 g/mol. The molecular formula is C19H30N2O. The van der Waals surface area contributed by atoms with Crippen LogP contribution in [-0.2, 0) is 11.3 Å². The van der Waals surface area contributed by atoms with E-state index in [2.05, 4.69) is 31.3 Å². The lowest BCUT2D eigenvalue weighted by molar-refractivity contribution is -0.132. The van der Waals surface area contributed by atoms with Gasteiger partial charge < -0.3 is 10.2 Å². The number of benzene rings is 1. The first-order valence-corrected chi connectivity index (χ1v) is 8.54. The number of hydrogen-bond acceptors (Lipinski definition) is 2. The molecule has 1 fully saturated rings. The van der Waals surface area contributed by atoms with Gasteiger partial charge in [0.25, 0.3) is 0 Å². The third kappa shape index (κ3) is 4.33. The number of nitrogens with one attached hydrogen (secondary N) is 1. The molecule has 4 unspecified atom stereocenters. The molecule has 0 spiro atoms. The third-order valence-corrected chi connectivity index (χ3v) is 5.18. The molecule has 122 valence electrons. The standard InChI is InChI=1S/C19H30N2O/c1-14-9-8-12-18(15(14)2)20-16(3)19(22)21(4)13-17-10-6-5-7-11-17/h5-7,10-11,14-16,18,20H,8-9,12-13H2,1-4H3. The lowest BCUT2D eigenvalue weighted by atomic mass is 9.78. The summed E-state index contributed by atoms with van der Waals surface area (Å²) in [6.07, 6.45) is 3.77. The summed E-state index contributed by atoms with van der Waals surface area (Å²) in [6.45, 7) is 7.30. The van der Waals surface area contributed by atoms with E-state index in [1.54, 1.807) is 0 Å². The molecule has 1 saturated carbocycles. The number of nitrogens with zero attached hydrogens (tertiary/aromatic N) is 1. The molecule has 1 aliphatic carbocycles. The van der Waals surface area contributed by atoms with Crippen LogP contribution in [0, 0.1) is 11.8 Å². The number of likely N-dealkylation sites (N-methyl/N-ethyl adjacent to an activating group) is 1. The molecule has 1 aromatic rings. The maximum absolute atomic E-state index is 12.6. The summed E-state index contributed by atoms with van der Waals surface area (Å²) in [5.74, 6) is 1.56. The predicted molar refractivity (Wildman–Crippen MR) is 91.5 cm³/mol. The van der Waals surface area contributed by atoms with Crippen molar-refractivity contribution in [1.82, 2.24) is 10.2 Å². The van der Waals surface area contributed by atoms with Crippen LogP contribution in [0.3, 0.4) is 0 Å². The van der Waals surface area contributed by atoms with Crippen LogP contribution in [0.4, 0.5) is 0 Å². The summed E-state index contributed by atoms with van der Waals surface area (Å²) in [4.78, 5) is 14.4. The molecule has 0 saturated heterocycles. The Labute approximate surface area is 135 Å². The van der Waals surface area contributed by atoms with E-state index in [0.717, 1.165) is 5.92 Å². The highest BCUT2D eigenvalue weighted by atomic mass is 16.2. The summed E-state index contributed by atoms with van der Waals surface area (Å²) in [5, 5.41) is 3.57. The highest BCUT2D eigenvalue weighted by Gasteiger charge is 2.29. The lowest BCUT2D eigenvalue weighted by Gasteiger charge is -2.36. The summed E-state index contributed by atoms with van der Waals surface area (Å²) in [7, 11) is 1.89. The first kappa shape index (κ1) is 17.0. The molecule has 22 heavy (non-hydrogen) atoms. The minimum Gasteiger partial charge on any atom is -0.340 e. The van der Waals surface area contributed by atoms with Crippen molar-refractivity contribution in [2.24, 2.45) is 11.8 Å². The van der Waals surface area contributed by atoms with Gasteiger partial charge >= 0.3 is 0 Å². The van der Waals surface area contributed by atoms with Crippen LogP contribution in [0.15, 0.2) is 30.3 Å². The van der Waals surface area contributed by atoms with E-state index in [1.807, 2.05) is 37.1 Å². The fraction of sp³-hybridized carbons (Fsp3) is 0.632. The molecule has 0 bridgehead atoms. The SMILES string of the molecule is CC(NC1CCCC(C)C1C)C(=O)N(C)Cc1ccccc1. The molecule has 0 radical (unpaired) electrons. The van der Waals surface area contributed by atoms with Crippen LogP contribution in [0.25, 0.3) is 0 Å². The van der Waals surface area contributed by atoms with Crippen LogP contribution >= 0.6 is 0 Å². The second-order valence-corrected chi connectivity index (χ2v) is 6.94. The fourth-order valence-corrected chi connectivity index (χ4v) is 3.48. The second-order valence-electron chi connectivity index (χ2n) is 6.94. The molecule has 3 heteroatoms. The summed E-state index contributed by atoms with van der Waals surface area (Å²) in [5.41, 5.74) is 1.17. The number of carbonyl (C=O) groups is 1. The number of carbonyl (C=O) groups excluding carboxylic acids is 1. The Bertz CT molecular complexity index is 474. The lowest BCUT2D eigenvalue weighted by Crippen LogP contribution is -2.50. The Kier molecular flexibility index (Phi) is 6.01. The quantitative estimate of drug-likeness (QED) is 0.903. The van der Waals surface area contributed by atoms with Gasteiger partial charge in [-0.15, -0.1) is 0 Å². The molecule has 0 aliphatic heterocycles. The van der Waals surface area contributed by atoms with Crippen LogP contribution in [-0.4, -0.2) is 29.9 Å². The Morgan fingerprint density at radius 2 is 1.95 bits per heavy atom. The van der Waals surface area contributed by atoms with E-state index in [0.29, 0.717) is 18.5 Å². The molecule has 2 rings (SSSR count). The summed E-state index contributed by atoms with van der Waals surface area (Å²) < 4.78 is 0. The van der Waals surface area contributed by atoms with Gasteiger partial charge in [-0.05, 0) is 30.7 Å². The molecule has 3 nitrogen and oxygen atoms in total. The Balaban J connectivity index is 1.88. The van der Waals surface area contributed by atoms with Gasteiger partial charge in [-0.2, -0.15) is 0 Å². The van der Waals surface area contributed by atoms with E-state index in [-0.39, 0.29) is 11.9 Å². The Morgan fingerprint density at radius 1 is 1.27 bits per heavy atom. The highest BCUT2D eigenvalue weighted by Crippen LogP contribution is 2.29. The minimum absolute atomic E-state index is 0.119. The number of rotatable bonds is 5. The van der Waals surface area contributed by atoms with E-state index in [1.165, 1.54) is 24.8 Å². The largest absolute Gasteiger partial charge is 0.340 e. The predicted octanol–water partition coefficient (Wildman–Crippen LogP) is 3.45. The molecular weight excluding hydrogens is 272 g/mol. The number of amides is 1. The van der Waals surface area contributed by atoms with Gasteiger partial charge in [-0.3, -0.25) is 4.79 Å². The molecule has 4 atom stereocenters. The topological polar surface area (TPSA) is 32.3 Å². The van der Waals surface area contributed by atoms with Crippen molar-refractivity contribution >= 4 is 5.91 Å². The van der Waals surface area contributed by atoms with Crippen molar-refractivity contribution in [1.29, 1.82) is 0 Å². The van der Waals surface area contributed by atoms with Crippen molar-refractivity contribution in [3.63, 3.8) is 0 Å². The van der Waals surface area contributed by atoms with Crippen LogP contribution in [0.1, 0.15) is 45.6 Å². The van der Waals surface area contributed by atoms with Crippen molar-refractivity contribution < 1.29 is 4.79 Å². The fourth-order valence-electron chi connectivity index (χ4n) is 3.48. The average molecular weight is 302 g/mol. The van der Waals surface area contributed by atoms with Gasteiger partial charge in [0.05, 0.1) is 6.04 Å². The van der Waals surface area contributed by atoms with Crippen molar-refractivity contribution in [3.8, 4) is 0 Å². The van der Waals surface area contributed by atoms with Crippen LogP contribution < -0.4 is 5.32 Å². The molecule has 0 aromatic heterocycles. The molecule has 1 N–H and O–H groups in total. The minimum atomic E-state index is -0.119. The molecule has 1 amide bonds. The van der Waals surface area contributed by atoms with E-state index < -0.39 is 0 Å². The van der Waals surface area contributed by atoms with E-state index in [4.69, 9.17) is 0 Å². The van der Waals surface area contributed by atoms with E-state index in [9.17, 15) is 4.79 Å². The zero-order valence-electron chi connectivity index (χ0n) is 14.4. The molecule has 1 aliphatic rings. The third-order valence-electron chi connectivity index (χ3n) is 5.18. The maximum Gasteiger partial charge on any atom is 0.239 e. The van der Waals surface area contributed by atoms with Gasteiger partial charge in [-0.1, -0.05) is 57.0 Å². The molecule has 0 heterocycles. The Hall–Kier alpha value is -1.35. The summed E-state index contributed by atoms with van der Waals surface area (Å²) >= 11 is 0. The first-order chi connectivity index (χ1) is 10.5. The van der Waals surface area contributed by atoms with Gasteiger partial charge in [0.1, 0.15) is 0 Å². The zero-order valence-corrected chi connectivity index (χ0v) is 14.4. The summed E-state index contributed by atoms with van der Waals surface area (Å²) in [6, 6.07) is 10.5. The van der Waals surface area contributed by atoms with Crippen molar-refractivity contribution in [2.75, 3.05) is 7.05 Å². The van der Waals surface area contributed by atoms with Crippen molar-refractivity contribution in [2.45, 2.75) is 58.7 Å². The number of hydrogen-bond donors (Lipinski definition) is 1. The average Bonchev–Trinajstić information content (AvgIpc) is 2.52. The molecule has 1 aromatic carbocycles. The van der Waals surface area contributed by atoms with Gasteiger partial charge in [0, 0.05) is 19.6 Å². The van der Waals surface area contributed by atoms with Gasteiger partial charge in [0.2, 0.25) is 5.91 Å². The maximum atomic E-state index is 12.6. The highest BCUT2D eigenvalue weighted by molar-refractivity contribution is 5.81. The second kappa shape index (κ2) is 7.77. The Morgan fingerprint density at radius 3 is 2.64 bits per heavy atom. The van der Waals surface area contributed by atoms with Crippen LogP contribution in [0.5, 0.6) is 0 Å². The normalized spacial score (nSPS) is 26.5. The smallest absolute Gasteiger partial charge is 0.239 e.